The van der Waals surface area contributed by atoms with Crippen LogP contribution in [-0.4, -0.2) is 44.3 Å². The summed E-state index contributed by atoms with van der Waals surface area (Å²) in [5.74, 6) is -8.72. The monoisotopic (exact) mass is 372 g/mol. The molecule has 0 radical (unpaired) electrons. The number of aliphatic carboxylic acids is 4. The van der Waals surface area contributed by atoms with Gasteiger partial charge in [-0.15, -0.1) is 0 Å². The van der Waals surface area contributed by atoms with Crippen molar-refractivity contribution in [1.29, 1.82) is 0 Å². The Morgan fingerprint density at radius 3 is 1.41 bits per heavy atom. The second-order valence-corrected chi connectivity index (χ2v) is 6.04. The molecule has 0 bridgehead atoms. The van der Waals surface area contributed by atoms with E-state index in [9.17, 15) is 39.6 Å². The van der Waals surface area contributed by atoms with E-state index in [1.54, 1.807) is 30.3 Å². The van der Waals surface area contributed by atoms with Crippen molar-refractivity contribution in [2.45, 2.75) is 12.3 Å². The predicted molar refractivity (Wildman–Crippen MR) is 92.2 cm³/mol. The summed E-state index contributed by atoms with van der Waals surface area (Å²) < 4.78 is 0. The molecule has 0 aliphatic heterocycles. The number of carboxylic acid groups (broad SMARTS) is 4. The molecule has 8 heteroatoms. The summed E-state index contributed by atoms with van der Waals surface area (Å²) in [5, 5.41) is 37.9. The maximum Gasteiger partial charge on any atom is 0.334 e. The van der Waals surface area contributed by atoms with Gasteiger partial charge in [0.15, 0.2) is 0 Å². The zero-order valence-electron chi connectivity index (χ0n) is 14.1. The molecule has 0 saturated heterocycles. The molecule has 0 aliphatic rings. The first-order valence-electron chi connectivity index (χ1n) is 7.69. The molecule has 140 valence electrons. The van der Waals surface area contributed by atoms with Crippen LogP contribution < -0.4 is 0 Å². The second kappa shape index (κ2) is 6.91. The zero-order valence-corrected chi connectivity index (χ0v) is 14.1. The fraction of sp³-hybridized carbons (Fsp3) is 0.158. The average molecular weight is 372 g/mol. The van der Waals surface area contributed by atoms with Crippen molar-refractivity contribution in [3.63, 3.8) is 0 Å². The highest BCUT2D eigenvalue weighted by atomic mass is 16.4. The SMILES string of the molecule is CC(C(=O)O)(c1ccc(-c2ccccc2)cc1)C(C(=O)O)(C(=O)O)C(=O)O. The van der Waals surface area contributed by atoms with E-state index in [1.165, 1.54) is 24.3 Å². The summed E-state index contributed by atoms with van der Waals surface area (Å²) in [6.07, 6.45) is 0. The average Bonchev–Trinajstić information content (AvgIpc) is 2.61. The number of benzene rings is 2. The molecule has 0 heterocycles. The van der Waals surface area contributed by atoms with E-state index in [-0.39, 0.29) is 5.56 Å². The van der Waals surface area contributed by atoms with Gasteiger partial charge in [-0.2, -0.15) is 0 Å². The number of carboxylic acids is 4. The molecule has 27 heavy (non-hydrogen) atoms. The van der Waals surface area contributed by atoms with Gasteiger partial charge in [0.1, 0.15) is 5.41 Å². The molecule has 2 aromatic carbocycles. The van der Waals surface area contributed by atoms with Gasteiger partial charge < -0.3 is 20.4 Å². The van der Waals surface area contributed by atoms with Gasteiger partial charge in [0, 0.05) is 0 Å². The van der Waals surface area contributed by atoms with Gasteiger partial charge >= 0.3 is 23.9 Å². The Morgan fingerprint density at radius 2 is 1.04 bits per heavy atom. The molecule has 2 aromatic rings. The highest BCUT2D eigenvalue weighted by Crippen LogP contribution is 2.44. The van der Waals surface area contributed by atoms with E-state index in [2.05, 4.69) is 0 Å². The summed E-state index contributed by atoms with van der Waals surface area (Å²) in [4.78, 5) is 47.0. The lowest BCUT2D eigenvalue weighted by Crippen LogP contribution is -2.62. The minimum absolute atomic E-state index is 0.262. The van der Waals surface area contributed by atoms with E-state index in [1.807, 2.05) is 0 Å². The van der Waals surface area contributed by atoms with E-state index in [0.717, 1.165) is 12.5 Å². The van der Waals surface area contributed by atoms with E-state index < -0.39 is 34.7 Å². The van der Waals surface area contributed by atoms with Crippen LogP contribution in [0.4, 0.5) is 0 Å². The number of rotatable bonds is 7. The van der Waals surface area contributed by atoms with Crippen LogP contribution >= 0.6 is 0 Å². The largest absolute Gasteiger partial charge is 0.481 e. The number of carbonyl (C=O) groups is 4. The first kappa shape index (κ1) is 19.6. The summed E-state index contributed by atoms with van der Waals surface area (Å²) in [6, 6.07) is 14.4. The molecule has 8 nitrogen and oxygen atoms in total. The molecule has 0 spiro atoms. The van der Waals surface area contributed by atoms with Crippen molar-refractivity contribution in [3.8, 4) is 11.1 Å². The Bertz CT molecular complexity index is 865. The molecule has 0 amide bonds. The third kappa shape index (κ3) is 2.80. The molecular weight excluding hydrogens is 356 g/mol. The summed E-state index contributed by atoms with van der Waals surface area (Å²) in [7, 11) is 0. The van der Waals surface area contributed by atoms with Gasteiger partial charge in [-0.05, 0) is 23.6 Å². The molecule has 1 unspecified atom stereocenters. The molecular formula is C19H16O8. The van der Waals surface area contributed by atoms with Crippen molar-refractivity contribution in [2.24, 2.45) is 5.41 Å². The molecule has 0 aliphatic carbocycles. The summed E-state index contributed by atoms with van der Waals surface area (Å²) in [5.41, 5.74) is -5.19. The van der Waals surface area contributed by atoms with Crippen LogP contribution in [0, 0.1) is 5.41 Å². The Balaban J connectivity index is 2.72. The van der Waals surface area contributed by atoms with Crippen LogP contribution in [0.15, 0.2) is 54.6 Å². The maximum absolute atomic E-state index is 11.9. The van der Waals surface area contributed by atoms with Crippen molar-refractivity contribution in [3.05, 3.63) is 60.2 Å². The van der Waals surface area contributed by atoms with E-state index in [4.69, 9.17) is 0 Å². The highest BCUT2D eigenvalue weighted by molar-refractivity contribution is 6.21. The Hall–Kier alpha value is -3.68. The third-order valence-electron chi connectivity index (χ3n) is 4.71. The minimum Gasteiger partial charge on any atom is -0.481 e. The van der Waals surface area contributed by atoms with E-state index >= 15 is 0 Å². The molecule has 0 fully saturated rings. The van der Waals surface area contributed by atoms with Crippen LogP contribution in [-0.2, 0) is 24.6 Å². The Morgan fingerprint density at radius 1 is 0.630 bits per heavy atom. The Kier molecular flexibility index (Phi) is 5.03. The van der Waals surface area contributed by atoms with Crippen molar-refractivity contribution >= 4 is 23.9 Å². The maximum atomic E-state index is 11.9. The molecule has 4 N–H and O–H groups in total. The quantitative estimate of drug-likeness (QED) is 0.539. The fourth-order valence-electron chi connectivity index (χ4n) is 3.04. The lowest BCUT2D eigenvalue weighted by atomic mass is 9.60. The predicted octanol–water partition coefficient (Wildman–Crippen LogP) is 1.94. The van der Waals surface area contributed by atoms with Crippen LogP contribution in [0.25, 0.3) is 11.1 Å². The lowest BCUT2D eigenvalue weighted by molar-refractivity contribution is -0.187. The van der Waals surface area contributed by atoms with Crippen molar-refractivity contribution < 1.29 is 39.6 Å². The van der Waals surface area contributed by atoms with Crippen LogP contribution in [0.2, 0.25) is 0 Å². The minimum atomic E-state index is -3.62. The zero-order chi connectivity index (χ0) is 20.4. The van der Waals surface area contributed by atoms with Gasteiger partial charge in [-0.25, -0.2) is 0 Å². The van der Waals surface area contributed by atoms with Gasteiger partial charge in [0.2, 0.25) is 0 Å². The summed E-state index contributed by atoms with van der Waals surface area (Å²) >= 11 is 0. The second-order valence-electron chi connectivity index (χ2n) is 6.04. The number of hydrogen-bond acceptors (Lipinski definition) is 4. The van der Waals surface area contributed by atoms with Crippen LogP contribution in [0.3, 0.4) is 0 Å². The smallest absolute Gasteiger partial charge is 0.334 e. The van der Waals surface area contributed by atoms with Gasteiger partial charge in [-0.3, -0.25) is 19.2 Å². The van der Waals surface area contributed by atoms with Crippen LogP contribution in [0.5, 0.6) is 0 Å². The fourth-order valence-corrected chi connectivity index (χ4v) is 3.04. The standard InChI is InChI=1S/C19H16O8/c1-18(14(20)21,19(15(22)23,16(24)25)17(26)27)13-9-7-12(8-10-13)11-5-3-2-4-6-11/h2-10H,1H3,(H,20,21)(H,22,23)(H,24,25)(H,26,27). The third-order valence-corrected chi connectivity index (χ3v) is 4.71. The molecule has 2 rings (SSSR count). The molecule has 0 aromatic heterocycles. The van der Waals surface area contributed by atoms with Crippen molar-refractivity contribution in [2.75, 3.05) is 0 Å². The van der Waals surface area contributed by atoms with Gasteiger partial charge in [0.05, 0.1) is 0 Å². The highest BCUT2D eigenvalue weighted by Gasteiger charge is 2.71. The van der Waals surface area contributed by atoms with Gasteiger partial charge in [0.25, 0.3) is 5.41 Å². The van der Waals surface area contributed by atoms with Gasteiger partial charge in [-0.1, -0.05) is 54.6 Å². The number of hydrogen-bond donors (Lipinski definition) is 4. The lowest BCUT2D eigenvalue weighted by Gasteiger charge is -2.36. The molecule has 1 atom stereocenters. The first-order valence-corrected chi connectivity index (χ1v) is 7.69. The summed E-state index contributed by atoms with van der Waals surface area (Å²) in [6.45, 7) is 0.781. The first-order chi connectivity index (χ1) is 12.6. The molecule has 0 saturated carbocycles. The van der Waals surface area contributed by atoms with Crippen molar-refractivity contribution in [1.82, 2.24) is 0 Å². The van der Waals surface area contributed by atoms with E-state index in [0.29, 0.717) is 5.56 Å². The Labute approximate surface area is 153 Å². The van der Waals surface area contributed by atoms with Crippen LogP contribution in [0.1, 0.15) is 12.5 Å². The normalized spacial score (nSPS) is 13.4. The topological polar surface area (TPSA) is 149 Å².